The van der Waals surface area contributed by atoms with Crippen LogP contribution in [-0.4, -0.2) is 24.5 Å². The van der Waals surface area contributed by atoms with Gasteiger partial charge in [0, 0.05) is 12.6 Å². The maximum absolute atomic E-state index is 13.2. The third-order valence-corrected chi connectivity index (χ3v) is 5.57. The normalized spacial score (nSPS) is 20.7. The number of ether oxygens (including phenoxy) is 2. The molecule has 1 aliphatic rings. The van der Waals surface area contributed by atoms with E-state index >= 15 is 0 Å². The standard InChI is InChI=1S/C25H25NO3/c1-18(19-9-5-3-6-10-19)26-17-23(20-11-7-4-8-12-20)29-25(27)24(26)21-13-15-22(28-2)16-14-21/h3-16,18,23-24H,17H2,1-2H3/t18-,23-,24-/m0/s1. The summed E-state index contributed by atoms with van der Waals surface area (Å²) in [6.07, 6.45) is -0.288. The number of hydrogen-bond donors (Lipinski definition) is 0. The van der Waals surface area contributed by atoms with Gasteiger partial charge in [0.25, 0.3) is 0 Å². The van der Waals surface area contributed by atoms with E-state index in [1.807, 2.05) is 72.8 Å². The molecule has 0 amide bonds. The summed E-state index contributed by atoms with van der Waals surface area (Å²) in [5, 5.41) is 0. The Morgan fingerprint density at radius 2 is 1.52 bits per heavy atom. The topological polar surface area (TPSA) is 38.8 Å². The van der Waals surface area contributed by atoms with Crippen LogP contribution in [0.4, 0.5) is 0 Å². The molecule has 0 saturated carbocycles. The SMILES string of the molecule is COc1ccc([C@H]2C(=O)O[C@H](c3ccccc3)CN2[C@@H](C)c2ccccc2)cc1. The average Bonchev–Trinajstić information content (AvgIpc) is 2.79. The average molecular weight is 387 g/mol. The van der Waals surface area contributed by atoms with E-state index in [2.05, 4.69) is 24.0 Å². The fourth-order valence-electron chi connectivity index (χ4n) is 3.93. The van der Waals surface area contributed by atoms with Crippen LogP contribution in [0, 0.1) is 0 Å². The molecule has 3 aromatic rings. The number of hydrogen-bond acceptors (Lipinski definition) is 4. The fraction of sp³-hybridized carbons (Fsp3) is 0.240. The molecule has 0 spiro atoms. The van der Waals surface area contributed by atoms with E-state index in [1.54, 1.807) is 7.11 Å². The second-order valence-corrected chi connectivity index (χ2v) is 7.30. The molecule has 1 aliphatic heterocycles. The first-order chi connectivity index (χ1) is 14.2. The summed E-state index contributed by atoms with van der Waals surface area (Å²) in [6, 6.07) is 27.5. The molecule has 0 unspecified atom stereocenters. The molecule has 0 N–H and O–H groups in total. The molecule has 29 heavy (non-hydrogen) atoms. The molecule has 3 atom stereocenters. The maximum atomic E-state index is 13.2. The van der Waals surface area contributed by atoms with Gasteiger partial charge in [-0.05, 0) is 35.7 Å². The predicted molar refractivity (Wildman–Crippen MR) is 113 cm³/mol. The first-order valence-corrected chi connectivity index (χ1v) is 9.87. The number of rotatable bonds is 5. The van der Waals surface area contributed by atoms with Crippen molar-refractivity contribution in [1.82, 2.24) is 4.90 Å². The Hall–Kier alpha value is -3.11. The van der Waals surface area contributed by atoms with E-state index in [0.717, 1.165) is 16.9 Å². The van der Waals surface area contributed by atoms with Gasteiger partial charge in [-0.3, -0.25) is 4.90 Å². The van der Waals surface area contributed by atoms with Gasteiger partial charge in [-0.25, -0.2) is 4.79 Å². The van der Waals surface area contributed by atoms with Crippen molar-refractivity contribution < 1.29 is 14.3 Å². The van der Waals surface area contributed by atoms with Crippen LogP contribution in [0.15, 0.2) is 84.9 Å². The summed E-state index contributed by atoms with van der Waals surface area (Å²) in [6.45, 7) is 2.77. The first kappa shape index (κ1) is 19.2. The van der Waals surface area contributed by atoms with E-state index in [0.29, 0.717) is 6.54 Å². The van der Waals surface area contributed by atoms with E-state index in [1.165, 1.54) is 5.56 Å². The minimum absolute atomic E-state index is 0.0577. The number of methoxy groups -OCH3 is 1. The van der Waals surface area contributed by atoms with Gasteiger partial charge in [-0.2, -0.15) is 0 Å². The number of nitrogens with zero attached hydrogens (tertiary/aromatic N) is 1. The highest BCUT2D eigenvalue weighted by molar-refractivity contribution is 5.79. The Morgan fingerprint density at radius 3 is 2.14 bits per heavy atom. The van der Waals surface area contributed by atoms with Gasteiger partial charge in [0.05, 0.1) is 7.11 Å². The minimum atomic E-state index is -0.462. The minimum Gasteiger partial charge on any atom is -0.497 e. The van der Waals surface area contributed by atoms with Crippen molar-refractivity contribution in [3.05, 3.63) is 102 Å². The first-order valence-electron chi connectivity index (χ1n) is 9.87. The van der Waals surface area contributed by atoms with Crippen molar-refractivity contribution in [3.8, 4) is 5.75 Å². The zero-order valence-corrected chi connectivity index (χ0v) is 16.7. The van der Waals surface area contributed by atoms with Crippen molar-refractivity contribution in [2.45, 2.75) is 25.1 Å². The molecular weight excluding hydrogens is 362 g/mol. The van der Waals surface area contributed by atoms with Crippen molar-refractivity contribution in [2.24, 2.45) is 0 Å². The molecule has 4 rings (SSSR count). The van der Waals surface area contributed by atoms with Crippen LogP contribution in [0.25, 0.3) is 0 Å². The van der Waals surface area contributed by atoms with E-state index < -0.39 is 6.04 Å². The van der Waals surface area contributed by atoms with Gasteiger partial charge in [0.15, 0.2) is 0 Å². The second-order valence-electron chi connectivity index (χ2n) is 7.30. The molecule has 0 bridgehead atoms. The zero-order chi connectivity index (χ0) is 20.2. The molecule has 0 radical (unpaired) electrons. The number of carbonyl (C=O) groups is 1. The predicted octanol–water partition coefficient (Wildman–Crippen LogP) is 5.10. The van der Waals surface area contributed by atoms with Crippen LogP contribution in [0.5, 0.6) is 5.75 Å². The summed E-state index contributed by atoms with van der Waals surface area (Å²) in [4.78, 5) is 15.4. The van der Waals surface area contributed by atoms with E-state index in [4.69, 9.17) is 9.47 Å². The Balaban J connectivity index is 1.70. The van der Waals surface area contributed by atoms with Crippen LogP contribution in [0.3, 0.4) is 0 Å². The molecule has 4 heteroatoms. The summed E-state index contributed by atoms with van der Waals surface area (Å²) in [5.74, 6) is 0.542. The lowest BCUT2D eigenvalue weighted by atomic mass is 9.96. The highest BCUT2D eigenvalue weighted by atomic mass is 16.5. The summed E-state index contributed by atoms with van der Waals surface area (Å²) in [5.41, 5.74) is 3.09. The van der Waals surface area contributed by atoms with Crippen LogP contribution in [-0.2, 0) is 9.53 Å². The van der Waals surface area contributed by atoms with Crippen molar-refractivity contribution in [2.75, 3.05) is 13.7 Å². The summed E-state index contributed by atoms with van der Waals surface area (Å²) < 4.78 is 11.2. The Labute approximate surface area is 171 Å². The highest BCUT2D eigenvalue weighted by Crippen LogP contribution is 2.39. The number of esters is 1. The smallest absolute Gasteiger partial charge is 0.328 e. The van der Waals surface area contributed by atoms with Gasteiger partial charge < -0.3 is 9.47 Å². The van der Waals surface area contributed by atoms with Crippen LogP contribution < -0.4 is 4.74 Å². The molecule has 4 nitrogen and oxygen atoms in total. The molecule has 1 fully saturated rings. The van der Waals surface area contributed by atoms with E-state index in [-0.39, 0.29) is 18.1 Å². The largest absolute Gasteiger partial charge is 0.497 e. The third kappa shape index (κ3) is 4.03. The monoisotopic (exact) mass is 387 g/mol. The Morgan fingerprint density at radius 1 is 0.897 bits per heavy atom. The lowest BCUT2D eigenvalue weighted by Gasteiger charge is -2.42. The van der Waals surface area contributed by atoms with Gasteiger partial charge >= 0.3 is 5.97 Å². The molecule has 0 aromatic heterocycles. The van der Waals surface area contributed by atoms with Gasteiger partial charge in [-0.1, -0.05) is 72.8 Å². The Bertz CT molecular complexity index is 941. The number of morpholine rings is 1. The maximum Gasteiger partial charge on any atom is 0.328 e. The van der Waals surface area contributed by atoms with Crippen LogP contribution in [0.1, 0.15) is 41.8 Å². The molecule has 1 heterocycles. The number of cyclic esters (lactones) is 1. The van der Waals surface area contributed by atoms with Gasteiger partial charge in [0.1, 0.15) is 17.9 Å². The van der Waals surface area contributed by atoms with Crippen molar-refractivity contribution in [3.63, 3.8) is 0 Å². The third-order valence-electron chi connectivity index (χ3n) is 5.57. The zero-order valence-electron chi connectivity index (χ0n) is 16.7. The molecule has 1 saturated heterocycles. The number of carbonyl (C=O) groups excluding carboxylic acids is 1. The van der Waals surface area contributed by atoms with Crippen molar-refractivity contribution >= 4 is 5.97 Å². The lowest BCUT2D eigenvalue weighted by molar-refractivity contribution is -0.170. The fourth-order valence-corrected chi connectivity index (χ4v) is 3.93. The van der Waals surface area contributed by atoms with Gasteiger partial charge in [0.2, 0.25) is 0 Å². The molecule has 148 valence electrons. The lowest BCUT2D eigenvalue weighted by Crippen LogP contribution is -2.45. The van der Waals surface area contributed by atoms with Crippen LogP contribution >= 0.6 is 0 Å². The van der Waals surface area contributed by atoms with Crippen molar-refractivity contribution in [1.29, 1.82) is 0 Å². The second kappa shape index (κ2) is 8.50. The highest BCUT2D eigenvalue weighted by Gasteiger charge is 2.40. The quantitative estimate of drug-likeness (QED) is 0.571. The van der Waals surface area contributed by atoms with Gasteiger partial charge in [-0.15, -0.1) is 0 Å². The summed E-state index contributed by atoms with van der Waals surface area (Å²) in [7, 11) is 1.64. The Kier molecular flexibility index (Phi) is 5.63. The van der Waals surface area contributed by atoms with Crippen LogP contribution in [0.2, 0.25) is 0 Å². The molecule has 0 aliphatic carbocycles. The van der Waals surface area contributed by atoms with E-state index in [9.17, 15) is 4.79 Å². The number of benzene rings is 3. The summed E-state index contributed by atoms with van der Waals surface area (Å²) >= 11 is 0. The molecular formula is C25H25NO3. The molecule has 3 aromatic carbocycles.